The lowest BCUT2D eigenvalue weighted by Gasteiger charge is -2.03. The van der Waals surface area contributed by atoms with Crippen molar-refractivity contribution in [2.75, 3.05) is 6.61 Å². The van der Waals surface area contributed by atoms with Crippen molar-refractivity contribution < 1.29 is 5.11 Å². The first-order valence-electron chi connectivity index (χ1n) is 7.24. The Balaban J connectivity index is 3.94. The molecule has 0 fully saturated rings. The summed E-state index contributed by atoms with van der Waals surface area (Å²) in [6, 6.07) is 0. The number of aliphatic hydroxyl groups is 1. The van der Waals surface area contributed by atoms with Gasteiger partial charge in [-0.25, -0.2) is 0 Å². The fourth-order valence-electron chi connectivity index (χ4n) is 1.85. The van der Waals surface area contributed by atoms with Crippen LogP contribution in [0.4, 0.5) is 0 Å². The zero-order chi connectivity index (χ0) is 13.8. The smallest absolute Gasteiger partial charge is 0.0615 e. The van der Waals surface area contributed by atoms with E-state index in [4.69, 9.17) is 5.11 Å². The van der Waals surface area contributed by atoms with Gasteiger partial charge in [0.2, 0.25) is 0 Å². The molecule has 0 aromatic heterocycles. The highest BCUT2D eigenvalue weighted by atomic mass is 16.2. The van der Waals surface area contributed by atoms with Crippen molar-refractivity contribution in [2.45, 2.75) is 66.2 Å². The van der Waals surface area contributed by atoms with Crippen LogP contribution in [0.15, 0.2) is 34.9 Å². The highest BCUT2D eigenvalue weighted by Crippen LogP contribution is 2.13. The van der Waals surface area contributed by atoms with Crippen LogP contribution in [-0.2, 0) is 0 Å². The molecule has 0 amide bonds. The van der Waals surface area contributed by atoms with Crippen LogP contribution in [0.5, 0.6) is 0 Å². The van der Waals surface area contributed by atoms with Crippen LogP contribution in [0.2, 0.25) is 0 Å². The summed E-state index contributed by atoms with van der Waals surface area (Å²) >= 11 is 0. The lowest BCUT2D eigenvalue weighted by atomic mass is 10.0. The van der Waals surface area contributed by atoms with Crippen molar-refractivity contribution in [1.82, 2.24) is 0 Å². The summed E-state index contributed by atoms with van der Waals surface area (Å²) in [4.78, 5) is 0. The number of hydrogen-bond donors (Lipinski definition) is 1. The third kappa shape index (κ3) is 9.23. The summed E-state index contributed by atoms with van der Waals surface area (Å²) in [6.45, 7) is 8.94. The van der Waals surface area contributed by atoms with Gasteiger partial charge < -0.3 is 5.11 Å². The Morgan fingerprint density at radius 3 is 2.00 bits per heavy atom. The summed E-state index contributed by atoms with van der Waals surface area (Å²) in [6.07, 6.45) is 13.4. The third-order valence-corrected chi connectivity index (χ3v) is 3.38. The molecule has 0 unspecified atom stereocenters. The minimum atomic E-state index is 0.174. The van der Waals surface area contributed by atoms with Gasteiger partial charge in [-0.05, 0) is 52.4 Å². The second kappa shape index (κ2) is 11.3. The SMILES string of the molecule is CC/C(C)=C\CC/C(C)=C/CC/C(=C/CO)CC. The maximum absolute atomic E-state index is 8.87. The summed E-state index contributed by atoms with van der Waals surface area (Å²) in [5.41, 5.74) is 4.33. The molecule has 0 aromatic rings. The second-order valence-electron chi connectivity index (χ2n) is 4.93. The van der Waals surface area contributed by atoms with Crippen molar-refractivity contribution >= 4 is 0 Å². The van der Waals surface area contributed by atoms with Crippen LogP contribution >= 0.6 is 0 Å². The van der Waals surface area contributed by atoms with Gasteiger partial charge in [-0.2, -0.15) is 0 Å². The summed E-state index contributed by atoms with van der Waals surface area (Å²) in [5, 5.41) is 8.87. The van der Waals surface area contributed by atoms with Crippen LogP contribution in [0, 0.1) is 0 Å². The maximum Gasteiger partial charge on any atom is 0.0615 e. The van der Waals surface area contributed by atoms with Gasteiger partial charge in [-0.1, -0.05) is 48.8 Å². The van der Waals surface area contributed by atoms with E-state index >= 15 is 0 Å². The fourth-order valence-corrected chi connectivity index (χ4v) is 1.85. The molecular formula is C17H30O. The van der Waals surface area contributed by atoms with Gasteiger partial charge in [0.15, 0.2) is 0 Å². The molecule has 0 spiro atoms. The van der Waals surface area contributed by atoms with E-state index in [1.807, 2.05) is 6.08 Å². The normalized spacial score (nSPS) is 14.2. The average Bonchev–Trinajstić information content (AvgIpc) is 2.37. The minimum Gasteiger partial charge on any atom is -0.392 e. The molecule has 0 bridgehead atoms. The standard InChI is InChI=1S/C17H30O/c1-5-15(3)9-7-10-16(4)11-8-12-17(6-2)13-14-18/h9,11,13,18H,5-8,10,12,14H2,1-4H3/b15-9-,16-11+,17-13+. The highest BCUT2D eigenvalue weighted by Gasteiger charge is 1.94. The third-order valence-electron chi connectivity index (χ3n) is 3.38. The number of rotatable bonds is 9. The Hall–Kier alpha value is -0.820. The summed E-state index contributed by atoms with van der Waals surface area (Å²) in [5.74, 6) is 0. The first-order chi connectivity index (χ1) is 8.63. The van der Waals surface area contributed by atoms with Crippen LogP contribution in [0.25, 0.3) is 0 Å². The monoisotopic (exact) mass is 250 g/mol. The molecule has 1 heteroatoms. The molecule has 0 radical (unpaired) electrons. The Morgan fingerprint density at radius 2 is 1.44 bits per heavy atom. The molecule has 0 aliphatic rings. The molecule has 0 heterocycles. The molecule has 18 heavy (non-hydrogen) atoms. The Morgan fingerprint density at radius 1 is 0.833 bits per heavy atom. The van der Waals surface area contributed by atoms with Gasteiger partial charge in [0.1, 0.15) is 0 Å². The second-order valence-corrected chi connectivity index (χ2v) is 4.93. The van der Waals surface area contributed by atoms with Crippen LogP contribution in [0.3, 0.4) is 0 Å². The largest absolute Gasteiger partial charge is 0.392 e. The van der Waals surface area contributed by atoms with E-state index in [0.717, 1.165) is 32.1 Å². The average molecular weight is 250 g/mol. The van der Waals surface area contributed by atoms with Gasteiger partial charge in [0.25, 0.3) is 0 Å². The lowest BCUT2D eigenvalue weighted by molar-refractivity contribution is 0.341. The Bertz CT molecular complexity index is 295. The molecule has 104 valence electrons. The lowest BCUT2D eigenvalue weighted by Crippen LogP contribution is -1.85. The molecule has 1 nitrogen and oxygen atoms in total. The van der Waals surface area contributed by atoms with Crippen LogP contribution < -0.4 is 0 Å². The predicted octanol–water partition coefficient (Wildman–Crippen LogP) is 5.18. The van der Waals surface area contributed by atoms with Gasteiger partial charge in [-0.3, -0.25) is 0 Å². The fraction of sp³-hybridized carbons (Fsp3) is 0.647. The summed E-state index contributed by atoms with van der Waals surface area (Å²) in [7, 11) is 0. The van der Waals surface area contributed by atoms with E-state index in [1.54, 1.807) is 0 Å². The Labute approximate surface area is 113 Å². The predicted molar refractivity (Wildman–Crippen MR) is 81.7 cm³/mol. The maximum atomic E-state index is 8.87. The van der Waals surface area contributed by atoms with E-state index in [1.165, 1.54) is 23.1 Å². The van der Waals surface area contributed by atoms with Crippen molar-refractivity contribution in [2.24, 2.45) is 0 Å². The molecule has 1 N–H and O–H groups in total. The number of allylic oxidation sites excluding steroid dienone is 5. The van der Waals surface area contributed by atoms with Crippen molar-refractivity contribution in [3.05, 3.63) is 34.9 Å². The molecule has 0 aliphatic carbocycles. The highest BCUT2D eigenvalue weighted by molar-refractivity contribution is 5.06. The van der Waals surface area contributed by atoms with E-state index in [2.05, 4.69) is 39.8 Å². The Kier molecular flexibility index (Phi) is 10.8. The molecule has 0 saturated heterocycles. The van der Waals surface area contributed by atoms with Gasteiger partial charge in [-0.15, -0.1) is 0 Å². The van der Waals surface area contributed by atoms with Crippen molar-refractivity contribution in [3.63, 3.8) is 0 Å². The van der Waals surface area contributed by atoms with E-state index < -0.39 is 0 Å². The molecule has 0 rings (SSSR count). The molecule has 0 atom stereocenters. The molecule has 0 aliphatic heterocycles. The quantitative estimate of drug-likeness (QED) is 0.559. The van der Waals surface area contributed by atoms with Gasteiger partial charge in [0.05, 0.1) is 6.61 Å². The molecule has 0 saturated carbocycles. The zero-order valence-corrected chi connectivity index (χ0v) is 12.6. The van der Waals surface area contributed by atoms with Crippen molar-refractivity contribution in [3.8, 4) is 0 Å². The molecule has 0 aromatic carbocycles. The van der Waals surface area contributed by atoms with Crippen LogP contribution in [0.1, 0.15) is 66.2 Å². The van der Waals surface area contributed by atoms with Crippen LogP contribution in [-0.4, -0.2) is 11.7 Å². The molecular weight excluding hydrogens is 220 g/mol. The van der Waals surface area contributed by atoms with Crippen molar-refractivity contribution in [1.29, 1.82) is 0 Å². The first-order valence-corrected chi connectivity index (χ1v) is 7.24. The van der Waals surface area contributed by atoms with E-state index in [-0.39, 0.29) is 6.61 Å². The number of aliphatic hydroxyl groups excluding tert-OH is 1. The summed E-state index contributed by atoms with van der Waals surface area (Å²) < 4.78 is 0. The van der Waals surface area contributed by atoms with E-state index in [9.17, 15) is 0 Å². The minimum absolute atomic E-state index is 0.174. The van der Waals surface area contributed by atoms with Gasteiger partial charge >= 0.3 is 0 Å². The van der Waals surface area contributed by atoms with E-state index in [0.29, 0.717) is 0 Å². The number of hydrogen-bond acceptors (Lipinski definition) is 1. The van der Waals surface area contributed by atoms with Gasteiger partial charge in [0, 0.05) is 0 Å². The zero-order valence-electron chi connectivity index (χ0n) is 12.6. The first kappa shape index (κ1) is 17.2. The topological polar surface area (TPSA) is 20.2 Å².